The molecule has 1 atom stereocenters. The zero-order valence-electron chi connectivity index (χ0n) is 16.2. The largest absolute Gasteiger partial charge is 0.360 e. The number of hydrogen-bond donors (Lipinski definition) is 3. The van der Waals surface area contributed by atoms with Crippen LogP contribution in [0.4, 0.5) is 10.1 Å². The minimum atomic E-state index is -0.480. The molecule has 154 valence electrons. The van der Waals surface area contributed by atoms with Gasteiger partial charge in [-0.05, 0) is 30.3 Å². The lowest BCUT2D eigenvalue weighted by Crippen LogP contribution is -2.38. The Morgan fingerprint density at radius 1 is 1.07 bits per heavy atom. The normalized spacial score (nSPS) is 16.1. The second-order valence-electron chi connectivity index (χ2n) is 7.18. The van der Waals surface area contributed by atoms with Gasteiger partial charge in [-0.2, -0.15) is 0 Å². The average Bonchev–Trinajstić information content (AvgIpc) is 3.35. The highest BCUT2D eigenvalue weighted by atomic mass is 19.1. The maximum absolute atomic E-state index is 13.1. The van der Waals surface area contributed by atoms with E-state index in [0.717, 1.165) is 10.9 Å². The van der Waals surface area contributed by atoms with Crippen molar-refractivity contribution >= 4 is 34.3 Å². The van der Waals surface area contributed by atoms with Crippen LogP contribution in [0.5, 0.6) is 0 Å². The number of nitrogens with one attached hydrogen (secondary N) is 3. The number of amides is 3. The molecule has 1 saturated heterocycles. The van der Waals surface area contributed by atoms with Crippen molar-refractivity contribution in [3.63, 3.8) is 0 Å². The highest BCUT2D eigenvalue weighted by molar-refractivity contribution is 6.06. The molecular weight excluding hydrogens is 387 g/mol. The fourth-order valence-corrected chi connectivity index (χ4v) is 3.61. The fourth-order valence-electron chi connectivity index (χ4n) is 3.61. The molecule has 0 radical (unpaired) electrons. The molecule has 0 unspecified atom stereocenters. The number of benzene rings is 2. The number of aromatic nitrogens is 1. The summed E-state index contributed by atoms with van der Waals surface area (Å²) in [4.78, 5) is 41.5. The molecule has 7 nitrogen and oxygen atoms in total. The number of anilines is 1. The Labute approximate surface area is 172 Å². The third-order valence-corrected chi connectivity index (χ3v) is 5.18. The van der Waals surface area contributed by atoms with Crippen LogP contribution in [0.15, 0.2) is 54.7 Å². The van der Waals surface area contributed by atoms with Crippen molar-refractivity contribution in [1.29, 1.82) is 0 Å². The molecule has 0 spiro atoms. The van der Waals surface area contributed by atoms with Crippen molar-refractivity contribution in [2.45, 2.75) is 6.42 Å². The Bertz CT molecular complexity index is 1090. The minimum absolute atomic E-state index is 0.102. The molecule has 8 heteroatoms. The van der Waals surface area contributed by atoms with E-state index >= 15 is 0 Å². The molecule has 2 aromatic carbocycles. The Balaban J connectivity index is 1.25. The molecule has 1 fully saturated rings. The number of aromatic amines is 1. The summed E-state index contributed by atoms with van der Waals surface area (Å²) in [6.45, 7) is 0.776. The van der Waals surface area contributed by atoms with Gasteiger partial charge < -0.3 is 20.5 Å². The van der Waals surface area contributed by atoms with Crippen LogP contribution < -0.4 is 15.5 Å². The summed E-state index contributed by atoms with van der Waals surface area (Å²) in [6, 6.07) is 13.1. The van der Waals surface area contributed by atoms with E-state index in [-0.39, 0.29) is 49.6 Å². The smallest absolute Gasteiger partial charge is 0.253 e. The van der Waals surface area contributed by atoms with Crippen molar-refractivity contribution in [3.05, 3.63) is 66.1 Å². The lowest BCUT2D eigenvalue weighted by molar-refractivity contribution is -0.126. The standard InChI is InChI=1S/C22H21FN4O3/c23-15-5-7-16(8-6-15)27-13-14(11-20(27)28)21(29)24-9-10-25-22(30)18-12-26-19-4-2-1-3-17(18)19/h1-8,12,14,26H,9-11,13H2,(H,24,29)(H,25,30)/t14-/m0/s1. The average molecular weight is 408 g/mol. The van der Waals surface area contributed by atoms with Crippen LogP contribution in [0.25, 0.3) is 10.9 Å². The summed E-state index contributed by atoms with van der Waals surface area (Å²) in [6.07, 6.45) is 1.76. The molecule has 1 aliphatic heterocycles. The lowest BCUT2D eigenvalue weighted by Gasteiger charge is -2.16. The zero-order chi connectivity index (χ0) is 21.1. The second kappa shape index (κ2) is 8.36. The molecule has 3 amide bonds. The maximum Gasteiger partial charge on any atom is 0.253 e. The monoisotopic (exact) mass is 408 g/mol. The van der Waals surface area contributed by atoms with E-state index in [1.54, 1.807) is 6.20 Å². The number of H-pyrrole nitrogens is 1. The van der Waals surface area contributed by atoms with E-state index in [4.69, 9.17) is 0 Å². The van der Waals surface area contributed by atoms with Gasteiger partial charge in [-0.1, -0.05) is 18.2 Å². The quantitative estimate of drug-likeness (QED) is 0.546. The first kappa shape index (κ1) is 19.6. The molecule has 1 aliphatic rings. The van der Waals surface area contributed by atoms with E-state index in [9.17, 15) is 18.8 Å². The number of carbonyl (C=O) groups excluding carboxylic acids is 3. The number of rotatable bonds is 6. The van der Waals surface area contributed by atoms with E-state index in [2.05, 4.69) is 15.6 Å². The summed E-state index contributed by atoms with van der Waals surface area (Å²) < 4.78 is 13.1. The number of halogens is 1. The van der Waals surface area contributed by atoms with E-state index in [1.807, 2.05) is 24.3 Å². The predicted octanol–water partition coefficient (Wildman–Crippen LogP) is 2.21. The van der Waals surface area contributed by atoms with Crippen molar-refractivity contribution < 1.29 is 18.8 Å². The first-order chi connectivity index (χ1) is 14.5. The van der Waals surface area contributed by atoms with Crippen molar-refractivity contribution in [1.82, 2.24) is 15.6 Å². The van der Waals surface area contributed by atoms with Gasteiger partial charge in [0.15, 0.2) is 0 Å². The molecule has 0 aliphatic carbocycles. The Morgan fingerprint density at radius 2 is 1.80 bits per heavy atom. The second-order valence-corrected chi connectivity index (χ2v) is 7.18. The molecule has 2 heterocycles. The van der Waals surface area contributed by atoms with Gasteiger partial charge in [0.1, 0.15) is 5.82 Å². The number of carbonyl (C=O) groups is 3. The molecule has 30 heavy (non-hydrogen) atoms. The molecule has 4 rings (SSSR count). The number of fused-ring (bicyclic) bond motifs is 1. The van der Waals surface area contributed by atoms with E-state index in [0.29, 0.717) is 11.3 Å². The first-order valence-corrected chi connectivity index (χ1v) is 9.71. The van der Waals surface area contributed by atoms with Crippen LogP contribution in [0.3, 0.4) is 0 Å². The molecule has 1 aromatic heterocycles. The van der Waals surface area contributed by atoms with Crippen molar-refractivity contribution in [3.8, 4) is 0 Å². The lowest BCUT2D eigenvalue weighted by atomic mass is 10.1. The Kier molecular flexibility index (Phi) is 5.47. The fraction of sp³-hybridized carbons (Fsp3) is 0.227. The van der Waals surface area contributed by atoms with Crippen LogP contribution in [0.2, 0.25) is 0 Å². The summed E-state index contributed by atoms with van der Waals surface area (Å²) in [5.41, 5.74) is 2.00. The van der Waals surface area contributed by atoms with E-state index < -0.39 is 5.92 Å². The summed E-state index contributed by atoms with van der Waals surface area (Å²) in [5.74, 6) is -1.50. The molecule has 0 saturated carbocycles. The molecular formula is C22H21FN4O3. The minimum Gasteiger partial charge on any atom is -0.360 e. The third-order valence-electron chi connectivity index (χ3n) is 5.18. The number of nitrogens with zero attached hydrogens (tertiary/aromatic N) is 1. The van der Waals surface area contributed by atoms with Crippen LogP contribution in [-0.4, -0.2) is 42.3 Å². The van der Waals surface area contributed by atoms with Gasteiger partial charge >= 0.3 is 0 Å². The summed E-state index contributed by atoms with van der Waals surface area (Å²) >= 11 is 0. The molecule has 0 bridgehead atoms. The first-order valence-electron chi connectivity index (χ1n) is 9.71. The SMILES string of the molecule is O=C(NCCNC(=O)[C@H]1CC(=O)N(c2ccc(F)cc2)C1)c1c[nH]c2ccccc12. The number of hydrogen-bond acceptors (Lipinski definition) is 3. The zero-order valence-corrected chi connectivity index (χ0v) is 16.2. The van der Waals surface area contributed by atoms with Crippen LogP contribution in [-0.2, 0) is 9.59 Å². The van der Waals surface area contributed by atoms with Crippen LogP contribution in [0.1, 0.15) is 16.8 Å². The van der Waals surface area contributed by atoms with E-state index in [1.165, 1.54) is 29.2 Å². The topological polar surface area (TPSA) is 94.3 Å². The van der Waals surface area contributed by atoms with Gasteiger partial charge in [-0.3, -0.25) is 14.4 Å². The molecule has 3 aromatic rings. The summed E-state index contributed by atoms with van der Waals surface area (Å²) in [5, 5.41) is 6.39. The Hall–Kier alpha value is -3.68. The Morgan fingerprint density at radius 3 is 2.60 bits per heavy atom. The predicted molar refractivity (Wildman–Crippen MR) is 111 cm³/mol. The maximum atomic E-state index is 13.1. The molecule has 3 N–H and O–H groups in total. The van der Waals surface area contributed by atoms with Crippen molar-refractivity contribution in [2.24, 2.45) is 5.92 Å². The van der Waals surface area contributed by atoms with Gasteiger partial charge in [-0.15, -0.1) is 0 Å². The van der Waals surface area contributed by atoms with Gasteiger partial charge in [0.05, 0.1) is 11.5 Å². The van der Waals surface area contributed by atoms with Gasteiger partial charge in [-0.25, -0.2) is 4.39 Å². The van der Waals surface area contributed by atoms with Crippen LogP contribution in [0, 0.1) is 11.7 Å². The van der Waals surface area contributed by atoms with Gasteiger partial charge in [0.25, 0.3) is 5.91 Å². The highest BCUT2D eigenvalue weighted by Gasteiger charge is 2.34. The highest BCUT2D eigenvalue weighted by Crippen LogP contribution is 2.25. The summed E-state index contributed by atoms with van der Waals surface area (Å²) in [7, 11) is 0. The van der Waals surface area contributed by atoms with Gasteiger partial charge in [0.2, 0.25) is 11.8 Å². The van der Waals surface area contributed by atoms with Gasteiger partial charge in [0, 0.05) is 48.8 Å². The van der Waals surface area contributed by atoms with Crippen LogP contribution >= 0.6 is 0 Å². The van der Waals surface area contributed by atoms with Crippen molar-refractivity contribution in [2.75, 3.05) is 24.5 Å². The third kappa shape index (κ3) is 4.03. The number of para-hydroxylation sites is 1.